The molecule has 1 fully saturated rings. The van der Waals surface area contributed by atoms with Gasteiger partial charge in [0.15, 0.2) is 0 Å². The highest BCUT2D eigenvalue weighted by Crippen LogP contribution is 2.18. The Labute approximate surface area is 145 Å². The predicted molar refractivity (Wildman–Crippen MR) is 93.4 cm³/mol. The molecule has 0 radical (unpaired) electrons. The van der Waals surface area contributed by atoms with Crippen molar-refractivity contribution in [3.05, 3.63) is 0 Å². The lowest BCUT2D eigenvalue weighted by atomic mass is 9.95. The number of likely N-dealkylation sites (N-methyl/N-ethyl adjacent to an activating group) is 1. The SMILES string of the molecule is CN(C)C(=O)C1CCN(CC(=O)N(C)CC(=O)NC(C)(C)C)CC1. The van der Waals surface area contributed by atoms with Crippen molar-refractivity contribution in [1.29, 1.82) is 0 Å². The van der Waals surface area contributed by atoms with Crippen LogP contribution in [0.2, 0.25) is 0 Å². The maximum atomic E-state index is 12.3. The van der Waals surface area contributed by atoms with Gasteiger partial charge in [0.05, 0.1) is 13.1 Å². The van der Waals surface area contributed by atoms with E-state index in [0.29, 0.717) is 6.54 Å². The Kier molecular flexibility index (Phi) is 7.20. The molecule has 0 aromatic rings. The van der Waals surface area contributed by atoms with Crippen molar-refractivity contribution < 1.29 is 14.4 Å². The number of carbonyl (C=O) groups is 3. The molecule has 1 N–H and O–H groups in total. The summed E-state index contributed by atoms with van der Waals surface area (Å²) in [5.74, 6) is -0.0105. The molecule has 7 heteroatoms. The molecule has 0 bridgehead atoms. The molecule has 0 unspecified atom stereocenters. The van der Waals surface area contributed by atoms with Crippen molar-refractivity contribution in [3.63, 3.8) is 0 Å². The number of amides is 3. The number of likely N-dealkylation sites (tertiary alicyclic amines) is 1. The van der Waals surface area contributed by atoms with E-state index in [0.717, 1.165) is 25.9 Å². The topological polar surface area (TPSA) is 73.0 Å². The first kappa shape index (κ1) is 20.4. The molecule has 0 saturated carbocycles. The molecule has 0 aliphatic carbocycles. The second-order valence-electron chi connectivity index (χ2n) is 7.83. The molecule has 138 valence electrons. The van der Waals surface area contributed by atoms with Gasteiger partial charge in [-0.1, -0.05) is 0 Å². The lowest BCUT2D eigenvalue weighted by Crippen LogP contribution is -2.49. The Hall–Kier alpha value is -1.63. The largest absolute Gasteiger partial charge is 0.350 e. The Morgan fingerprint density at radius 1 is 1.08 bits per heavy atom. The van der Waals surface area contributed by atoms with Crippen molar-refractivity contribution in [2.75, 3.05) is 47.3 Å². The summed E-state index contributed by atoms with van der Waals surface area (Å²) in [7, 11) is 5.19. The number of piperidine rings is 1. The zero-order valence-electron chi connectivity index (χ0n) is 15.9. The van der Waals surface area contributed by atoms with Gasteiger partial charge in [0, 0.05) is 32.6 Å². The van der Waals surface area contributed by atoms with Gasteiger partial charge in [0.25, 0.3) is 0 Å². The third kappa shape index (κ3) is 6.86. The van der Waals surface area contributed by atoms with Crippen LogP contribution in [0.3, 0.4) is 0 Å². The summed E-state index contributed by atoms with van der Waals surface area (Å²) in [6, 6.07) is 0. The minimum atomic E-state index is -0.304. The van der Waals surface area contributed by atoms with Crippen molar-refractivity contribution in [1.82, 2.24) is 20.0 Å². The third-order valence-corrected chi connectivity index (χ3v) is 4.06. The summed E-state index contributed by atoms with van der Waals surface area (Å²) >= 11 is 0. The summed E-state index contributed by atoms with van der Waals surface area (Å²) < 4.78 is 0. The van der Waals surface area contributed by atoms with Crippen LogP contribution in [0.5, 0.6) is 0 Å². The monoisotopic (exact) mass is 340 g/mol. The number of rotatable bonds is 5. The Morgan fingerprint density at radius 2 is 1.62 bits per heavy atom. The van der Waals surface area contributed by atoms with Gasteiger partial charge in [-0.25, -0.2) is 0 Å². The molecule has 3 amide bonds. The van der Waals surface area contributed by atoms with Gasteiger partial charge in [-0.2, -0.15) is 0 Å². The molecule has 1 saturated heterocycles. The van der Waals surface area contributed by atoms with E-state index < -0.39 is 0 Å². The molecule has 1 aliphatic rings. The van der Waals surface area contributed by atoms with Gasteiger partial charge in [-0.3, -0.25) is 19.3 Å². The Morgan fingerprint density at radius 3 is 2.08 bits per heavy atom. The van der Waals surface area contributed by atoms with Crippen LogP contribution in [0.25, 0.3) is 0 Å². The smallest absolute Gasteiger partial charge is 0.240 e. The molecular formula is C17H32N4O3. The second-order valence-corrected chi connectivity index (χ2v) is 7.83. The molecule has 0 spiro atoms. The lowest BCUT2D eigenvalue weighted by molar-refractivity contribution is -0.137. The van der Waals surface area contributed by atoms with E-state index in [-0.39, 0.29) is 35.7 Å². The highest BCUT2D eigenvalue weighted by Gasteiger charge is 2.27. The van der Waals surface area contributed by atoms with Crippen LogP contribution in [0, 0.1) is 5.92 Å². The van der Waals surface area contributed by atoms with Crippen LogP contribution in [0.15, 0.2) is 0 Å². The van der Waals surface area contributed by atoms with Gasteiger partial charge >= 0.3 is 0 Å². The maximum absolute atomic E-state index is 12.3. The third-order valence-electron chi connectivity index (χ3n) is 4.06. The standard InChI is InChI=1S/C17H32N4O3/c1-17(2,3)18-14(22)11-20(6)15(23)12-21-9-7-13(8-10-21)16(24)19(4)5/h13H,7-12H2,1-6H3,(H,18,22). The lowest BCUT2D eigenvalue weighted by Gasteiger charge is -2.33. The summed E-state index contributed by atoms with van der Waals surface area (Å²) in [4.78, 5) is 41.3. The summed E-state index contributed by atoms with van der Waals surface area (Å²) in [6.07, 6.45) is 1.55. The Balaban J connectivity index is 2.38. The first-order chi connectivity index (χ1) is 11.0. The second kappa shape index (κ2) is 8.46. The zero-order chi connectivity index (χ0) is 18.5. The number of hydrogen-bond donors (Lipinski definition) is 1. The van der Waals surface area contributed by atoms with Crippen LogP contribution in [-0.2, 0) is 14.4 Å². The van der Waals surface area contributed by atoms with E-state index >= 15 is 0 Å². The minimum absolute atomic E-state index is 0.0571. The quantitative estimate of drug-likeness (QED) is 0.774. The average molecular weight is 340 g/mol. The molecule has 0 aromatic heterocycles. The van der Waals surface area contributed by atoms with Crippen molar-refractivity contribution in [3.8, 4) is 0 Å². The van der Waals surface area contributed by atoms with Crippen LogP contribution >= 0.6 is 0 Å². The van der Waals surface area contributed by atoms with Gasteiger partial charge < -0.3 is 15.1 Å². The predicted octanol–water partition coefficient (Wildman–Crippen LogP) is 0.160. The fraction of sp³-hybridized carbons (Fsp3) is 0.824. The van der Waals surface area contributed by atoms with E-state index in [1.807, 2.05) is 20.8 Å². The van der Waals surface area contributed by atoms with E-state index in [9.17, 15) is 14.4 Å². The molecule has 1 aliphatic heterocycles. The molecule has 0 atom stereocenters. The molecule has 0 aromatic carbocycles. The van der Waals surface area contributed by atoms with Crippen LogP contribution in [0.4, 0.5) is 0 Å². The molecular weight excluding hydrogens is 308 g/mol. The van der Waals surface area contributed by atoms with Gasteiger partial charge in [-0.05, 0) is 46.7 Å². The van der Waals surface area contributed by atoms with Gasteiger partial charge in [0.2, 0.25) is 17.7 Å². The van der Waals surface area contributed by atoms with Crippen LogP contribution in [-0.4, -0.2) is 85.3 Å². The van der Waals surface area contributed by atoms with E-state index in [1.54, 1.807) is 26.0 Å². The van der Waals surface area contributed by atoms with Crippen molar-refractivity contribution in [2.45, 2.75) is 39.2 Å². The van der Waals surface area contributed by atoms with E-state index in [2.05, 4.69) is 10.2 Å². The first-order valence-electron chi connectivity index (χ1n) is 8.48. The summed E-state index contributed by atoms with van der Waals surface area (Å²) in [6.45, 7) is 7.55. The number of hydrogen-bond acceptors (Lipinski definition) is 4. The van der Waals surface area contributed by atoms with Gasteiger partial charge in [-0.15, -0.1) is 0 Å². The average Bonchev–Trinajstić information content (AvgIpc) is 2.44. The fourth-order valence-corrected chi connectivity index (χ4v) is 2.78. The van der Waals surface area contributed by atoms with Crippen molar-refractivity contribution in [2.24, 2.45) is 5.92 Å². The number of carbonyl (C=O) groups excluding carboxylic acids is 3. The summed E-state index contributed by atoms with van der Waals surface area (Å²) in [5, 5.41) is 2.85. The van der Waals surface area contributed by atoms with Gasteiger partial charge in [0.1, 0.15) is 0 Å². The number of nitrogens with zero attached hydrogens (tertiary/aromatic N) is 3. The normalized spacial score (nSPS) is 16.6. The summed E-state index contributed by atoms with van der Waals surface area (Å²) in [5.41, 5.74) is -0.304. The Bertz CT molecular complexity index is 463. The van der Waals surface area contributed by atoms with E-state index in [4.69, 9.17) is 0 Å². The molecule has 1 rings (SSSR count). The highest BCUT2D eigenvalue weighted by atomic mass is 16.2. The molecule has 24 heavy (non-hydrogen) atoms. The zero-order valence-corrected chi connectivity index (χ0v) is 15.9. The number of nitrogens with one attached hydrogen (secondary N) is 1. The van der Waals surface area contributed by atoms with Crippen LogP contribution in [0.1, 0.15) is 33.6 Å². The van der Waals surface area contributed by atoms with E-state index in [1.165, 1.54) is 4.90 Å². The molecule has 1 heterocycles. The van der Waals surface area contributed by atoms with Crippen molar-refractivity contribution >= 4 is 17.7 Å². The maximum Gasteiger partial charge on any atom is 0.240 e. The highest BCUT2D eigenvalue weighted by molar-refractivity contribution is 5.85. The molecule has 7 nitrogen and oxygen atoms in total. The minimum Gasteiger partial charge on any atom is -0.350 e. The fourth-order valence-electron chi connectivity index (χ4n) is 2.78. The van der Waals surface area contributed by atoms with Crippen LogP contribution < -0.4 is 5.32 Å². The first-order valence-corrected chi connectivity index (χ1v) is 8.48.